The second kappa shape index (κ2) is 7.51. The standard InChI is InChI=1S/C19H23N3O3/c1-14-16(13-20-21(14)2)19(24)25-17(15-9-5-3-6-10-15)18(23)22-11-7-4-8-12-22/h3,5-6,9-10,13,17H,4,7-8,11-12H2,1-2H3. The van der Waals surface area contributed by atoms with Crippen molar-refractivity contribution in [2.24, 2.45) is 7.05 Å². The van der Waals surface area contributed by atoms with Crippen molar-refractivity contribution in [2.45, 2.75) is 32.3 Å². The number of amides is 1. The van der Waals surface area contributed by atoms with E-state index in [9.17, 15) is 9.59 Å². The maximum Gasteiger partial charge on any atom is 0.342 e. The van der Waals surface area contributed by atoms with Crippen molar-refractivity contribution in [3.63, 3.8) is 0 Å². The number of nitrogens with zero attached hydrogens (tertiary/aromatic N) is 3. The second-order valence-electron chi connectivity index (χ2n) is 6.35. The number of aryl methyl sites for hydroxylation is 1. The second-order valence-corrected chi connectivity index (χ2v) is 6.35. The lowest BCUT2D eigenvalue weighted by Crippen LogP contribution is -2.40. The summed E-state index contributed by atoms with van der Waals surface area (Å²) in [7, 11) is 1.76. The van der Waals surface area contributed by atoms with Gasteiger partial charge in [0.05, 0.1) is 6.20 Å². The Labute approximate surface area is 147 Å². The molecule has 1 atom stereocenters. The summed E-state index contributed by atoms with van der Waals surface area (Å²) in [4.78, 5) is 27.4. The molecule has 0 aliphatic carbocycles. The molecule has 1 unspecified atom stereocenters. The summed E-state index contributed by atoms with van der Waals surface area (Å²) in [6.07, 6.45) is 3.66. The monoisotopic (exact) mass is 341 g/mol. The van der Waals surface area contributed by atoms with E-state index in [1.54, 1.807) is 23.6 Å². The molecule has 1 aromatic carbocycles. The highest BCUT2D eigenvalue weighted by Gasteiger charge is 2.31. The predicted molar refractivity (Wildman–Crippen MR) is 93.0 cm³/mol. The number of hydrogen-bond acceptors (Lipinski definition) is 4. The van der Waals surface area contributed by atoms with Crippen molar-refractivity contribution in [1.82, 2.24) is 14.7 Å². The number of aromatic nitrogens is 2. The summed E-state index contributed by atoms with van der Waals surface area (Å²) < 4.78 is 7.26. The molecular formula is C19H23N3O3. The molecule has 1 aromatic heterocycles. The van der Waals surface area contributed by atoms with Crippen molar-refractivity contribution < 1.29 is 14.3 Å². The van der Waals surface area contributed by atoms with Gasteiger partial charge in [0.1, 0.15) is 5.56 Å². The van der Waals surface area contributed by atoms with E-state index in [0.717, 1.165) is 19.3 Å². The minimum absolute atomic E-state index is 0.152. The quantitative estimate of drug-likeness (QED) is 0.802. The van der Waals surface area contributed by atoms with Crippen molar-refractivity contribution in [2.75, 3.05) is 13.1 Å². The van der Waals surface area contributed by atoms with Crippen LogP contribution in [-0.2, 0) is 16.6 Å². The molecule has 1 amide bonds. The molecule has 6 nitrogen and oxygen atoms in total. The lowest BCUT2D eigenvalue weighted by molar-refractivity contribution is -0.142. The molecule has 2 heterocycles. The number of likely N-dealkylation sites (tertiary alicyclic amines) is 1. The van der Waals surface area contributed by atoms with E-state index in [0.29, 0.717) is 29.9 Å². The van der Waals surface area contributed by atoms with Crippen LogP contribution in [0.25, 0.3) is 0 Å². The number of esters is 1. The van der Waals surface area contributed by atoms with Crippen LogP contribution in [0.1, 0.15) is 47.0 Å². The Balaban J connectivity index is 1.85. The molecule has 1 aliphatic rings. The molecule has 6 heteroatoms. The number of benzene rings is 1. The summed E-state index contributed by atoms with van der Waals surface area (Å²) in [5.41, 5.74) is 1.78. The lowest BCUT2D eigenvalue weighted by atomic mass is 10.1. The zero-order valence-corrected chi connectivity index (χ0v) is 14.6. The molecule has 1 fully saturated rings. The third-order valence-electron chi connectivity index (χ3n) is 4.67. The first-order valence-corrected chi connectivity index (χ1v) is 8.61. The van der Waals surface area contributed by atoms with Crippen molar-refractivity contribution in [3.05, 3.63) is 53.3 Å². The van der Waals surface area contributed by atoms with Gasteiger partial charge in [-0.05, 0) is 26.2 Å². The Kier molecular flexibility index (Phi) is 5.16. The number of piperidine rings is 1. The van der Waals surface area contributed by atoms with E-state index in [1.165, 1.54) is 6.20 Å². The third kappa shape index (κ3) is 3.73. The highest BCUT2D eigenvalue weighted by atomic mass is 16.5. The molecule has 132 valence electrons. The van der Waals surface area contributed by atoms with Gasteiger partial charge in [-0.1, -0.05) is 30.3 Å². The molecule has 0 radical (unpaired) electrons. The first kappa shape index (κ1) is 17.2. The van der Waals surface area contributed by atoms with Crippen LogP contribution < -0.4 is 0 Å². The van der Waals surface area contributed by atoms with E-state index in [2.05, 4.69) is 5.10 Å². The summed E-state index contributed by atoms with van der Waals surface area (Å²) in [6.45, 7) is 3.23. The van der Waals surface area contributed by atoms with Gasteiger partial charge in [-0.2, -0.15) is 5.10 Å². The van der Waals surface area contributed by atoms with Gasteiger partial charge < -0.3 is 9.64 Å². The summed E-state index contributed by atoms with van der Waals surface area (Å²) in [6, 6.07) is 9.19. The van der Waals surface area contributed by atoms with Gasteiger partial charge in [-0.25, -0.2) is 4.79 Å². The Bertz CT molecular complexity index is 749. The van der Waals surface area contributed by atoms with E-state index >= 15 is 0 Å². The van der Waals surface area contributed by atoms with Crippen LogP contribution in [0, 0.1) is 6.92 Å². The summed E-state index contributed by atoms with van der Waals surface area (Å²) >= 11 is 0. The fourth-order valence-corrected chi connectivity index (χ4v) is 3.04. The van der Waals surface area contributed by atoms with Crippen LogP contribution in [0.15, 0.2) is 36.5 Å². The zero-order chi connectivity index (χ0) is 17.8. The maximum absolute atomic E-state index is 13.0. The van der Waals surface area contributed by atoms with E-state index in [-0.39, 0.29) is 5.91 Å². The molecular weight excluding hydrogens is 318 g/mol. The number of rotatable bonds is 4. The highest BCUT2D eigenvalue weighted by Crippen LogP contribution is 2.24. The molecule has 3 rings (SSSR count). The van der Waals surface area contributed by atoms with Gasteiger partial charge in [-0.15, -0.1) is 0 Å². The van der Waals surface area contributed by atoms with E-state index < -0.39 is 12.1 Å². The largest absolute Gasteiger partial charge is 0.444 e. The van der Waals surface area contributed by atoms with Gasteiger partial charge in [-0.3, -0.25) is 9.48 Å². The minimum atomic E-state index is -0.925. The minimum Gasteiger partial charge on any atom is -0.444 e. The average Bonchev–Trinajstić information content (AvgIpc) is 2.99. The van der Waals surface area contributed by atoms with Crippen LogP contribution in [0.4, 0.5) is 0 Å². The van der Waals surface area contributed by atoms with Crippen molar-refractivity contribution >= 4 is 11.9 Å². The van der Waals surface area contributed by atoms with E-state index in [1.807, 2.05) is 30.3 Å². The van der Waals surface area contributed by atoms with Crippen LogP contribution in [0.5, 0.6) is 0 Å². The zero-order valence-electron chi connectivity index (χ0n) is 14.6. The SMILES string of the molecule is Cc1c(C(=O)OC(C(=O)N2CCCCC2)c2ccccc2)cnn1C. The predicted octanol–water partition coefficient (Wildman–Crippen LogP) is 2.64. The van der Waals surface area contributed by atoms with Crippen molar-refractivity contribution in [3.8, 4) is 0 Å². The topological polar surface area (TPSA) is 64.4 Å². The Morgan fingerprint density at radius 1 is 1.12 bits per heavy atom. The molecule has 0 saturated carbocycles. The van der Waals surface area contributed by atoms with Gasteiger partial charge in [0.2, 0.25) is 6.10 Å². The number of hydrogen-bond donors (Lipinski definition) is 0. The molecule has 1 saturated heterocycles. The normalized spacial score (nSPS) is 15.7. The Morgan fingerprint density at radius 3 is 2.40 bits per heavy atom. The molecule has 2 aromatic rings. The molecule has 25 heavy (non-hydrogen) atoms. The summed E-state index contributed by atoms with van der Waals surface area (Å²) in [5, 5.41) is 4.07. The average molecular weight is 341 g/mol. The highest BCUT2D eigenvalue weighted by molar-refractivity contribution is 5.93. The first-order chi connectivity index (χ1) is 12.1. The van der Waals surface area contributed by atoms with Gasteiger partial charge in [0.25, 0.3) is 5.91 Å². The third-order valence-corrected chi connectivity index (χ3v) is 4.67. The number of carbonyl (C=O) groups excluding carboxylic acids is 2. The number of ether oxygens (including phenoxy) is 1. The lowest BCUT2D eigenvalue weighted by Gasteiger charge is -2.30. The van der Waals surface area contributed by atoms with Crippen LogP contribution in [0.3, 0.4) is 0 Å². The van der Waals surface area contributed by atoms with Crippen LogP contribution in [-0.4, -0.2) is 39.6 Å². The number of carbonyl (C=O) groups is 2. The van der Waals surface area contributed by atoms with Crippen LogP contribution in [0.2, 0.25) is 0 Å². The molecule has 0 bridgehead atoms. The molecule has 0 spiro atoms. The van der Waals surface area contributed by atoms with Gasteiger partial charge >= 0.3 is 5.97 Å². The molecule has 0 N–H and O–H groups in total. The maximum atomic E-state index is 13.0. The van der Waals surface area contributed by atoms with Crippen LogP contribution >= 0.6 is 0 Å². The Morgan fingerprint density at radius 2 is 1.80 bits per heavy atom. The van der Waals surface area contributed by atoms with Crippen molar-refractivity contribution in [1.29, 1.82) is 0 Å². The Hall–Kier alpha value is -2.63. The fraction of sp³-hybridized carbons (Fsp3) is 0.421. The molecule has 1 aliphatic heterocycles. The smallest absolute Gasteiger partial charge is 0.342 e. The summed E-state index contributed by atoms with van der Waals surface area (Å²) in [5.74, 6) is -0.675. The first-order valence-electron chi connectivity index (χ1n) is 8.61. The van der Waals surface area contributed by atoms with E-state index in [4.69, 9.17) is 4.74 Å². The van der Waals surface area contributed by atoms with Gasteiger partial charge in [0, 0.05) is 31.4 Å². The fourth-order valence-electron chi connectivity index (χ4n) is 3.04. The van der Waals surface area contributed by atoms with Gasteiger partial charge in [0.15, 0.2) is 0 Å².